The van der Waals surface area contributed by atoms with Crippen LogP contribution in [0.1, 0.15) is 54.4 Å². The fourth-order valence-corrected chi connectivity index (χ4v) is 3.01. The highest BCUT2D eigenvalue weighted by Crippen LogP contribution is 2.29. The lowest BCUT2D eigenvalue weighted by molar-refractivity contribution is 0.369. The highest BCUT2D eigenvalue weighted by molar-refractivity contribution is 7.38. The Bertz CT molecular complexity index is 131. The fraction of sp³-hybridized carbons (Fsp3) is 1.00. The lowest BCUT2D eigenvalue weighted by atomic mass is 9.92. The van der Waals surface area contributed by atoms with Gasteiger partial charge in [-0.05, 0) is 36.0 Å². The van der Waals surface area contributed by atoms with Gasteiger partial charge in [-0.25, -0.2) is 0 Å². The normalized spacial score (nSPS) is 19.1. The molecule has 0 radical (unpaired) electrons. The first kappa shape index (κ1) is 14.4. The van der Waals surface area contributed by atoms with Gasteiger partial charge in [-0.2, -0.15) is 0 Å². The van der Waals surface area contributed by atoms with Crippen LogP contribution in [0.4, 0.5) is 0 Å². The smallest absolute Gasteiger partial charge is 0.0242 e. The minimum absolute atomic E-state index is 0.868. The van der Waals surface area contributed by atoms with Crippen molar-refractivity contribution in [3.63, 3.8) is 0 Å². The van der Waals surface area contributed by atoms with E-state index in [1.807, 2.05) is 0 Å². The van der Waals surface area contributed by atoms with E-state index < -0.39 is 0 Å². The standard InChI is InChI=1S/C13H29P/c1-7-11(4)12(5)8-9-14-13(6)10(2)3/h10-14H,7-9H2,1-6H3. The first-order valence-electron chi connectivity index (χ1n) is 6.22. The Morgan fingerprint density at radius 2 is 1.50 bits per heavy atom. The average Bonchev–Trinajstić information content (AvgIpc) is 2.15. The molecule has 4 atom stereocenters. The van der Waals surface area contributed by atoms with E-state index in [0.717, 1.165) is 23.4 Å². The maximum atomic E-state index is 2.42. The van der Waals surface area contributed by atoms with Crippen LogP contribution >= 0.6 is 8.58 Å². The van der Waals surface area contributed by atoms with Crippen molar-refractivity contribution in [2.45, 2.75) is 60.0 Å². The molecule has 0 N–H and O–H groups in total. The largest absolute Gasteiger partial charge is 0.119 e. The maximum Gasteiger partial charge on any atom is -0.0242 e. The Kier molecular flexibility index (Phi) is 7.92. The van der Waals surface area contributed by atoms with Gasteiger partial charge in [0.2, 0.25) is 0 Å². The summed E-state index contributed by atoms with van der Waals surface area (Å²) in [5, 5.41) is 0. The van der Waals surface area contributed by atoms with Crippen LogP contribution in [-0.2, 0) is 0 Å². The van der Waals surface area contributed by atoms with Gasteiger partial charge >= 0.3 is 0 Å². The van der Waals surface area contributed by atoms with Gasteiger partial charge in [0, 0.05) is 0 Å². The molecule has 0 bridgehead atoms. The Balaban J connectivity index is 3.53. The number of hydrogen-bond donors (Lipinski definition) is 0. The van der Waals surface area contributed by atoms with Crippen LogP contribution in [0.3, 0.4) is 0 Å². The molecule has 0 aromatic heterocycles. The van der Waals surface area contributed by atoms with Crippen LogP contribution in [0.25, 0.3) is 0 Å². The topological polar surface area (TPSA) is 0 Å². The molecule has 0 nitrogen and oxygen atoms in total. The Labute approximate surface area is 93.0 Å². The molecule has 0 aliphatic heterocycles. The second kappa shape index (κ2) is 7.69. The van der Waals surface area contributed by atoms with E-state index in [9.17, 15) is 0 Å². The van der Waals surface area contributed by atoms with Crippen molar-refractivity contribution in [3.8, 4) is 0 Å². The molecule has 0 amide bonds. The summed E-state index contributed by atoms with van der Waals surface area (Å²) in [4.78, 5) is 0. The lowest BCUT2D eigenvalue weighted by Crippen LogP contribution is -2.09. The molecule has 0 aliphatic carbocycles. The van der Waals surface area contributed by atoms with E-state index in [1.165, 1.54) is 27.6 Å². The van der Waals surface area contributed by atoms with E-state index in [2.05, 4.69) is 41.5 Å². The predicted molar refractivity (Wildman–Crippen MR) is 70.7 cm³/mol. The SMILES string of the molecule is CCC(C)C(C)CCPC(C)C(C)C. The van der Waals surface area contributed by atoms with Gasteiger partial charge in [0.1, 0.15) is 0 Å². The van der Waals surface area contributed by atoms with Gasteiger partial charge in [0.15, 0.2) is 0 Å². The van der Waals surface area contributed by atoms with Gasteiger partial charge in [-0.3, -0.25) is 0 Å². The van der Waals surface area contributed by atoms with E-state index in [4.69, 9.17) is 0 Å². The molecular weight excluding hydrogens is 187 g/mol. The molecule has 0 saturated carbocycles. The van der Waals surface area contributed by atoms with Crippen molar-refractivity contribution in [3.05, 3.63) is 0 Å². The molecule has 0 heterocycles. The molecule has 0 aromatic rings. The summed E-state index contributed by atoms with van der Waals surface area (Å²) in [6.45, 7) is 14.2. The molecule has 1 heteroatoms. The van der Waals surface area contributed by atoms with Crippen molar-refractivity contribution in [2.24, 2.45) is 17.8 Å². The molecule has 0 rings (SSSR count). The van der Waals surface area contributed by atoms with Gasteiger partial charge in [-0.15, -0.1) is 8.58 Å². The van der Waals surface area contributed by atoms with Crippen molar-refractivity contribution in [2.75, 3.05) is 6.16 Å². The minimum Gasteiger partial charge on any atom is -0.119 e. The van der Waals surface area contributed by atoms with Gasteiger partial charge < -0.3 is 0 Å². The second-order valence-corrected chi connectivity index (χ2v) is 6.96. The lowest BCUT2D eigenvalue weighted by Gasteiger charge is -2.20. The van der Waals surface area contributed by atoms with Crippen LogP contribution in [0, 0.1) is 17.8 Å². The molecular formula is C13H29P. The molecule has 0 fully saturated rings. The highest BCUT2D eigenvalue weighted by Gasteiger charge is 2.11. The maximum absolute atomic E-state index is 2.42. The Morgan fingerprint density at radius 1 is 0.929 bits per heavy atom. The summed E-state index contributed by atoms with van der Waals surface area (Å²) in [5.74, 6) is 2.70. The Morgan fingerprint density at radius 3 is 1.93 bits per heavy atom. The highest BCUT2D eigenvalue weighted by atomic mass is 31.1. The molecule has 4 unspecified atom stereocenters. The van der Waals surface area contributed by atoms with Crippen LogP contribution in [0.15, 0.2) is 0 Å². The third-order valence-corrected chi connectivity index (χ3v) is 5.57. The molecule has 0 saturated heterocycles. The van der Waals surface area contributed by atoms with Crippen LogP contribution in [0.2, 0.25) is 0 Å². The summed E-state index contributed by atoms with van der Waals surface area (Å²) in [5.41, 5.74) is 0.930. The summed E-state index contributed by atoms with van der Waals surface area (Å²) >= 11 is 0. The third-order valence-electron chi connectivity index (χ3n) is 3.68. The van der Waals surface area contributed by atoms with Crippen molar-refractivity contribution in [1.29, 1.82) is 0 Å². The number of rotatable bonds is 7. The first-order valence-corrected chi connectivity index (χ1v) is 7.50. The van der Waals surface area contributed by atoms with Gasteiger partial charge in [-0.1, -0.05) is 48.0 Å². The van der Waals surface area contributed by atoms with E-state index in [0.29, 0.717) is 0 Å². The van der Waals surface area contributed by atoms with Crippen molar-refractivity contribution in [1.82, 2.24) is 0 Å². The van der Waals surface area contributed by atoms with Gasteiger partial charge in [0.05, 0.1) is 0 Å². The average molecular weight is 216 g/mol. The predicted octanol–water partition coefficient (Wildman–Crippen LogP) is 4.78. The monoisotopic (exact) mass is 216 g/mol. The van der Waals surface area contributed by atoms with Crippen molar-refractivity contribution < 1.29 is 0 Å². The molecule has 0 aliphatic rings. The van der Waals surface area contributed by atoms with Gasteiger partial charge in [0.25, 0.3) is 0 Å². The zero-order chi connectivity index (χ0) is 11.1. The molecule has 86 valence electrons. The first-order chi connectivity index (χ1) is 6.49. The summed E-state index contributed by atoms with van der Waals surface area (Å²) < 4.78 is 0. The van der Waals surface area contributed by atoms with E-state index >= 15 is 0 Å². The van der Waals surface area contributed by atoms with Crippen LogP contribution in [-0.4, -0.2) is 11.8 Å². The van der Waals surface area contributed by atoms with E-state index in [-0.39, 0.29) is 0 Å². The third kappa shape index (κ3) is 6.02. The zero-order valence-electron chi connectivity index (χ0n) is 10.9. The zero-order valence-corrected chi connectivity index (χ0v) is 11.9. The van der Waals surface area contributed by atoms with Crippen LogP contribution in [0.5, 0.6) is 0 Å². The fourth-order valence-electron chi connectivity index (χ4n) is 1.46. The Hall–Kier alpha value is 0.430. The summed E-state index contributed by atoms with van der Waals surface area (Å²) in [7, 11) is 1.17. The molecule has 14 heavy (non-hydrogen) atoms. The van der Waals surface area contributed by atoms with Crippen molar-refractivity contribution >= 4 is 8.58 Å². The number of hydrogen-bond acceptors (Lipinski definition) is 0. The second-order valence-electron chi connectivity index (χ2n) is 5.14. The minimum atomic E-state index is 0.868. The summed E-state index contributed by atoms with van der Waals surface area (Å²) in [6.07, 6.45) is 4.22. The van der Waals surface area contributed by atoms with Crippen LogP contribution < -0.4 is 0 Å². The quantitative estimate of drug-likeness (QED) is 0.537. The van der Waals surface area contributed by atoms with E-state index in [1.54, 1.807) is 0 Å². The summed E-state index contributed by atoms with van der Waals surface area (Å²) in [6, 6.07) is 0. The molecule has 0 aromatic carbocycles. The molecule has 0 spiro atoms.